The number of hydrogen-bond donors (Lipinski definition) is 1. The number of nitrogens with one attached hydrogen (secondary N) is 1. The Hall–Kier alpha value is -0.870. The summed E-state index contributed by atoms with van der Waals surface area (Å²) in [6, 6.07) is 0. The lowest BCUT2D eigenvalue weighted by Crippen LogP contribution is -2.27. The molecule has 0 fully saturated rings. The lowest BCUT2D eigenvalue weighted by Gasteiger charge is -2.09. The first-order valence-electron chi connectivity index (χ1n) is 3.25. The summed E-state index contributed by atoms with van der Waals surface area (Å²) in [6.07, 6.45) is 1.46. The predicted octanol–water partition coefficient (Wildman–Crippen LogP) is 0.584. The molecule has 4 nitrogen and oxygen atoms in total. The van der Waals surface area contributed by atoms with Crippen LogP contribution in [0.3, 0.4) is 0 Å². The molecule has 1 aromatic rings. The minimum Gasteiger partial charge on any atom is -0.295 e. The quantitative estimate of drug-likeness (QED) is 0.579. The average Bonchev–Trinajstić information content (AvgIpc) is 2.35. The molecule has 0 amide bonds. The molecule has 0 radical (unpaired) electrons. The monoisotopic (exact) mass is 170 g/mol. The summed E-state index contributed by atoms with van der Waals surface area (Å²) in [5.41, 5.74) is 4.04. The highest BCUT2D eigenvalue weighted by atomic mass is 35.5. The van der Waals surface area contributed by atoms with Crippen molar-refractivity contribution in [2.45, 2.75) is 6.54 Å². The fourth-order valence-corrected chi connectivity index (χ4v) is 1.29. The van der Waals surface area contributed by atoms with E-state index in [2.05, 4.69) is 15.4 Å². The van der Waals surface area contributed by atoms with Crippen LogP contribution in [0.4, 0.5) is 5.82 Å². The Kier molecular flexibility index (Phi) is 1.44. The van der Waals surface area contributed by atoms with Crippen LogP contribution in [0.5, 0.6) is 0 Å². The van der Waals surface area contributed by atoms with Crippen molar-refractivity contribution in [2.24, 2.45) is 0 Å². The summed E-state index contributed by atoms with van der Waals surface area (Å²) in [5, 5.41) is 2.37. The Morgan fingerprint density at radius 3 is 3.18 bits per heavy atom. The Morgan fingerprint density at radius 1 is 1.64 bits per heavy atom. The summed E-state index contributed by atoms with van der Waals surface area (Å²) < 4.78 is 0. The van der Waals surface area contributed by atoms with E-state index in [9.17, 15) is 0 Å². The molecule has 5 heteroatoms. The van der Waals surface area contributed by atoms with Crippen molar-refractivity contribution in [3.8, 4) is 0 Å². The van der Waals surface area contributed by atoms with Crippen LogP contribution in [-0.2, 0) is 6.54 Å². The van der Waals surface area contributed by atoms with Gasteiger partial charge in [-0.3, -0.25) is 5.01 Å². The Bertz CT molecular complexity index is 288. The van der Waals surface area contributed by atoms with Gasteiger partial charge in [-0.25, -0.2) is 15.4 Å². The van der Waals surface area contributed by atoms with Crippen LogP contribution in [-0.4, -0.2) is 17.0 Å². The first-order chi connectivity index (χ1) is 5.29. The molecule has 2 rings (SSSR count). The van der Waals surface area contributed by atoms with Crippen LogP contribution in [0, 0.1) is 0 Å². The molecule has 2 heterocycles. The standard InChI is InChI=1S/C6H7ClN4/c1-11-6-4(2-10-11)5(7)8-3-9-6/h3,10H,2H2,1H3. The zero-order chi connectivity index (χ0) is 7.84. The van der Waals surface area contributed by atoms with Gasteiger partial charge in [0, 0.05) is 19.2 Å². The van der Waals surface area contributed by atoms with E-state index < -0.39 is 0 Å². The normalized spacial score (nSPS) is 15.3. The molecule has 1 aliphatic heterocycles. The van der Waals surface area contributed by atoms with Gasteiger partial charge in [0.1, 0.15) is 11.5 Å². The van der Waals surface area contributed by atoms with Crippen molar-refractivity contribution in [3.05, 3.63) is 17.0 Å². The van der Waals surface area contributed by atoms with Crippen molar-refractivity contribution in [3.63, 3.8) is 0 Å². The minimum absolute atomic E-state index is 0.534. The van der Waals surface area contributed by atoms with Crippen molar-refractivity contribution >= 4 is 17.4 Å². The van der Waals surface area contributed by atoms with E-state index in [-0.39, 0.29) is 0 Å². The van der Waals surface area contributed by atoms with Gasteiger partial charge in [-0.15, -0.1) is 0 Å². The molecule has 0 aliphatic carbocycles. The van der Waals surface area contributed by atoms with Crippen LogP contribution >= 0.6 is 11.6 Å². The van der Waals surface area contributed by atoms with Gasteiger partial charge in [0.2, 0.25) is 0 Å². The molecular formula is C6H7ClN4. The molecule has 1 aliphatic rings. The Labute approximate surface area is 69.2 Å². The third-order valence-corrected chi connectivity index (χ3v) is 2.01. The summed E-state index contributed by atoms with van der Waals surface area (Å²) in [4.78, 5) is 7.94. The smallest absolute Gasteiger partial charge is 0.152 e. The highest BCUT2D eigenvalue weighted by molar-refractivity contribution is 6.30. The van der Waals surface area contributed by atoms with Crippen LogP contribution in [0.25, 0.3) is 0 Å². The molecule has 0 saturated heterocycles. The number of hydrazine groups is 1. The molecule has 0 spiro atoms. The average molecular weight is 171 g/mol. The van der Waals surface area contributed by atoms with Gasteiger partial charge in [0.15, 0.2) is 5.82 Å². The van der Waals surface area contributed by atoms with E-state index in [1.807, 2.05) is 12.1 Å². The predicted molar refractivity (Wildman–Crippen MR) is 42.3 cm³/mol. The number of nitrogens with zero attached hydrogens (tertiary/aromatic N) is 3. The zero-order valence-electron chi connectivity index (χ0n) is 6.00. The van der Waals surface area contributed by atoms with Gasteiger partial charge in [-0.2, -0.15) is 0 Å². The van der Waals surface area contributed by atoms with Gasteiger partial charge in [-0.05, 0) is 0 Å². The van der Waals surface area contributed by atoms with Crippen LogP contribution < -0.4 is 10.4 Å². The van der Waals surface area contributed by atoms with Gasteiger partial charge in [-0.1, -0.05) is 11.6 Å². The molecule has 11 heavy (non-hydrogen) atoms. The number of aromatic nitrogens is 2. The van der Waals surface area contributed by atoms with Crippen LogP contribution in [0.2, 0.25) is 5.15 Å². The molecule has 0 unspecified atom stereocenters. The minimum atomic E-state index is 0.534. The first kappa shape index (κ1) is 6.82. The summed E-state index contributed by atoms with van der Waals surface area (Å²) in [6.45, 7) is 0.714. The topological polar surface area (TPSA) is 41.0 Å². The lowest BCUT2D eigenvalue weighted by molar-refractivity contribution is 0.730. The van der Waals surface area contributed by atoms with E-state index in [0.29, 0.717) is 11.7 Å². The molecule has 1 N–H and O–H groups in total. The zero-order valence-corrected chi connectivity index (χ0v) is 6.76. The maximum atomic E-state index is 5.82. The molecule has 1 aromatic heterocycles. The van der Waals surface area contributed by atoms with Gasteiger partial charge in [0.05, 0.1) is 0 Å². The summed E-state index contributed by atoms with van der Waals surface area (Å²) in [5.74, 6) is 0.866. The summed E-state index contributed by atoms with van der Waals surface area (Å²) >= 11 is 5.82. The van der Waals surface area contributed by atoms with E-state index in [1.165, 1.54) is 6.33 Å². The SMILES string of the molecule is CN1NCc2c(Cl)ncnc21. The van der Waals surface area contributed by atoms with Gasteiger partial charge < -0.3 is 0 Å². The number of anilines is 1. The molecule has 0 atom stereocenters. The first-order valence-corrected chi connectivity index (χ1v) is 3.63. The molecular weight excluding hydrogens is 164 g/mol. The van der Waals surface area contributed by atoms with Gasteiger partial charge >= 0.3 is 0 Å². The Morgan fingerprint density at radius 2 is 2.45 bits per heavy atom. The maximum absolute atomic E-state index is 5.82. The maximum Gasteiger partial charge on any atom is 0.152 e. The van der Waals surface area contributed by atoms with Crippen LogP contribution in [0.15, 0.2) is 6.33 Å². The van der Waals surface area contributed by atoms with E-state index in [1.54, 1.807) is 0 Å². The van der Waals surface area contributed by atoms with Crippen molar-refractivity contribution < 1.29 is 0 Å². The van der Waals surface area contributed by atoms with E-state index in [0.717, 1.165) is 11.4 Å². The third-order valence-electron chi connectivity index (χ3n) is 1.68. The van der Waals surface area contributed by atoms with Crippen molar-refractivity contribution in [2.75, 3.05) is 12.1 Å². The van der Waals surface area contributed by atoms with Crippen molar-refractivity contribution in [1.29, 1.82) is 0 Å². The molecule has 0 aromatic carbocycles. The second-order valence-electron chi connectivity index (χ2n) is 2.36. The fraction of sp³-hybridized carbons (Fsp3) is 0.333. The van der Waals surface area contributed by atoms with Crippen LogP contribution in [0.1, 0.15) is 5.56 Å². The van der Waals surface area contributed by atoms with E-state index >= 15 is 0 Å². The molecule has 0 saturated carbocycles. The van der Waals surface area contributed by atoms with Gasteiger partial charge in [0.25, 0.3) is 0 Å². The summed E-state index contributed by atoms with van der Waals surface area (Å²) in [7, 11) is 1.90. The largest absolute Gasteiger partial charge is 0.295 e. The third kappa shape index (κ3) is 0.948. The highest BCUT2D eigenvalue weighted by Gasteiger charge is 2.19. The second-order valence-corrected chi connectivity index (χ2v) is 2.72. The highest BCUT2D eigenvalue weighted by Crippen LogP contribution is 2.25. The number of fused-ring (bicyclic) bond motifs is 1. The second kappa shape index (κ2) is 2.32. The van der Waals surface area contributed by atoms with E-state index in [4.69, 9.17) is 11.6 Å². The number of rotatable bonds is 0. The number of halogens is 1. The lowest BCUT2D eigenvalue weighted by atomic mass is 10.3. The fourth-order valence-electron chi connectivity index (χ4n) is 1.10. The molecule has 58 valence electrons. The number of hydrogen-bond acceptors (Lipinski definition) is 4. The van der Waals surface area contributed by atoms with Crippen molar-refractivity contribution in [1.82, 2.24) is 15.4 Å². The Balaban J connectivity index is 2.57. The molecule has 0 bridgehead atoms.